The predicted octanol–water partition coefficient (Wildman–Crippen LogP) is 3.53. The fourth-order valence-electron chi connectivity index (χ4n) is 4.87. The Morgan fingerprint density at radius 2 is 1.85 bits per heavy atom. The van der Waals surface area contributed by atoms with Gasteiger partial charge in [0.1, 0.15) is 5.82 Å². The third-order valence-corrected chi connectivity index (χ3v) is 7.57. The van der Waals surface area contributed by atoms with Crippen molar-refractivity contribution in [1.82, 2.24) is 15.5 Å². The van der Waals surface area contributed by atoms with Crippen molar-refractivity contribution in [3.8, 4) is 0 Å². The Kier molecular flexibility index (Phi) is 6.57. The number of benzene rings is 2. The number of nitrogens with one attached hydrogen (secondary N) is 2. The van der Waals surface area contributed by atoms with Gasteiger partial charge in [-0.15, -0.1) is 0 Å². The first kappa shape index (κ1) is 23.4. The number of halogens is 1. The molecular weight excluding hydrogens is 417 g/mol. The molecule has 2 N–H and O–H groups in total. The molecule has 2 aliphatic carbocycles. The SMILES string of the molecule is C[C@H]1[C@@H](C(=O)NC[C@H](Cc2ccc(C(=O)NC3CC3)c(F)c2)N(C)C)C1(C)c1ccccc1. The lowest BCUT2D eigenvalue weighted by molar-refractivity contribution is -0.123. The maximum atomic E-state index is 14.6. The summed E-state index contributed by atoms with van der Waals surface area (Å²) in [6.07, 6.45) is 2.50. The second-order valence-electron chi connectivity index (χ2n) is 10.0. The summed E-state index contributed by atoms with van der Waals surface area (Å²) in [5.74, 6) is -0.555. The molecule has 4 rings (SSSR count). The van der Waals surface area contributed by atoms with Gasteiger partial charge in [-0.2, -0.15) is 0 Å². The van der Waals surface area contributed by atoms with Crippen LogP contribution in [-0.2, 0) is 16.6 Å². The molecule has 2 fully saturated rings. The molecule has 2 saturated carbocycles. The minimum atomic E-state index is -0.502. The van der Waals surface area contributed by atoms with Crippen molar-refractivity contribution in [3.63, 3.8) is 0 Å². The number of nitrogens with zero attached hydrogens (tertiary/aromatic N) is 1. The van der Waals surface area contributed by atoms with Crippen molar-refractivity contribution < 1.29 is 14.0 Å². The standard InChI is InChI=1S/C27H34FN3O2/c1-17-24(27(17,2)19-8-6-5-7-9-19)26(33)29-16-21(31(3)4)14-18-10-13-22(23(28)15-18)25(32)30-20-11-12-20/h5-10,13,15,17,20-21,24H,11-12,14,16H2,1-4H3,(H,29,33)(H,30,32)/t17-,21-,24-,27?/m0/s1. The third-order valence-electron chi connectivity index (χ3n) is 7.57. The van der Waals surface area contributed by atoms with Crippen molar-refractivity contribution in [2.75, 3.05) is 20.6 Å². The molecule has 0 spiro atoms. The van der Waals surface area contributed by atoms with Crippen molar-refractivity contribution >= 4 is 11.8 Å². The number of amides is 2. The van der Waals surface area contributed by atoms with Crippen LogP contribution in [0, 0.1) is 17.7 Å². The number of hydrogen-bond donors (Lipinski definition) is 2. The average Bonchev–Trinajstić information content (AvgIpc) is 3.69. The van der Waals surface area contributed by atoms with Crippen molar-refractivity contribution in [2.24, 2.45) is 11.8 Å². The minimum absolute atomic E-state index is 0.0107. The fraction of sp³-hybridized carbons (Fsp3) is 0.481. The summed E-state index contributed by atoms with van der Waals surface area (Å²) < 4.78 is 14.6. The quantitative estimate of drug-likeness (QED) is 0.613. The van der Waals surface area contributed by atoms with Crippen LogP contribution in [0.5, 0.6) is 0 Å². The number of carbonyl (C=O) groups excluding carboxylic acids is 2. The summed E-state index contributed by atoms with van der Waals surface area (Å²) >= 11 is 0. The summed E-state index contributed by atoms with van der Waals surface area (Å²) in [4.78, 5) is 27.2. The molecule has 0 aromatic heterocycles. The van der Waals surface area contributed by atoms with Crippen molar-refractivity contribution in [3.05, 3.63) is 71.0 Å². The molecule has 5 nitrogen and oxygen atoms in total. The van der Waals surface area contributed by atoms with E-state index < -0.39 is 5.82 Å². The second kappa shape index (κ2) is 9.26. The van der Waals surface area contributed by atoms with E-state index in [0.717, 1.165) is 18.4 Å². The molecule has 4 atom stereocenters. The minimum Gasteiger partial charge on any atom is -0.354 e. The molecule has 33 heavy (non-hydrogen) atoms. The molecule has 0 radical (unpaired) electrons. The lowest BCUT2D eigenvalue weighted by atomic mass is 9.94. The Bertz CT molecular complexity index is 1020. The van der Waals surface area contributed by atoms with E-state index in [1.807, 2.05) is 37.2 Å². The first-order chi connectivity index (χ1) is 15.7. The van der Waals surface area contributed by atoms with E-state index in [-0.39, 0.29) is 46.7 Å². The lowest BCUT2D eigenvalue weighted by Gasteiger charge is -2.25. The van der Waals surface area contributed by atoms with Crippen LogP contribution >= 0.6 is 0 Å². The molecular formula is C27H34FN3O2. The van der Waals surface area contributed by atoms with Gasteiger partial charge in [-0.3, -0.25) is 9.59 Å². The van der Waals surface area contributed by atoms with E-state index in [1.165, 1.54) is 11.6 Å². The zero-order chi connectivity index (χ0) is 23.8. The van der Waals surface area contributed by atoms with Crippen LogP contribution in [0.15, 0.2) is 48.5 Å². The summed E-state index contributed by atoms with van der Waals surface area (Å²) in [6.45, 7) is 4.76. The highest BCUT2D eigenvalue weighted by Gasteiger charge is 2.62. The summed E-state index contributed by atoms with van der Waals surface area (Å²) in [6, 6.07) is 15.2. The van der Waals surface area contributed by atoms with Gasteiger partial charge in [0.15, 0.2) is 0 Å². The van der Waals surface area contributed by atoms with Crippen LogP contribution in [0.4, 0.5) is 4.39 Å². The Balaban J connectivity index is 1.36. The first-order valence-electron chi connectivity index (χ1n) is 11.8. The van der Waals surface area contributed by atoms with Crippen molar-refractivity contribution in [2.45, 2.75) is 50.6 Å². The maximum absolute atomic E-state index is 14.6. The van der Waals surface area contributed by atoms with Crippen molar-refractivity contribution in [1.29, 1.82) is 0 Å². The van der Waals surface area contributed by atoms with E-state index in [0.29, 0.717) is 13.0 Å². The van der Waals surface area contributed by atoms with Gasteiger partial charge in [-0.25, -0.2) is 4.39 Å². The highest BCUT2D eigenvalue weighted by atomic mass is 19.1. The Morgan fingerprint density at radius 3 is 2.45 bits per heavy atom. The zero-order valence-corrected chi connectivity index (χ0v) is 19.9. The summed E-state index contributed by atoms with van der Waals surface area (Å²) in [7, 11) is 3.91. The molecule has 0 bridgehead atoms. The van der Waals surface area contributed by atoms with Crippen LogP contribution in [0.25, 0.3) is 0 Å². The Labute approximate surface area is 195 Å². The van der Waals surface area contributed by atoms with Crippen LogP contribution in [-0.4, -0.2) is 49.4 Å². The molecule has 1 unspecified atom stereocenters. The van der Waals surface area contributed by atoms with Crippen LogP contribution in [0.2, 0.25) is 0 Å². The van der Waals surface area contributed by atoms with Gasteiger partial charge in [-0.1, -0.05) is 50.2 Å². The van der Waals surface area contributed by atoms with Gasteiger partial charge < -0.3 is 15.5 Å². The maximum Gasteiger partial charge on any atom is 0.254 e. The predicted molar refractivity (Wildman–Crippen MR) is 128 cm³/mol. The molecule has 2 amide bonds. The van der Waals surface area contributed by atoms with E-state index >= 15 is 0 Å². The first-order valence-corrected chi connectivity index (χ1v) is 11.8. The van der Waals surface area contributed by atoms with Gasteiger partial charge in [-0.05, 0) is 62.5 Å². The highest BCUT2D eigenvalue weighted by molar-refractivity contribution is 5.94. The van der Waals surface area contributed by atoms with Crippen LogP contribution in [0.3, 0.4) is 0 Å². The van der Waals surface area contributed by atoms with Crippen LogP contribution < -0.4 is 10.6 Å². The van der Waals surface area contributed by atoms with Gasteiger partial charge in [0, 0.05) is 24.0 Å². The normalized spacial score (nSPS) is 24.9. The Hall–Kier alpha value is -2.73. The second-order valence-corrected chi connectivity index (χ2v) is 10.0. The highest BCUT2D eigenvalue weighted by Crippen LogP contribution is 2.59. The topological polar surface area (TPSA) is 61.4 Å². The average molecular weight is 452 g/mol. The van der Waals surface area contributed by atoms with Gasteiger partial charge >= 0.3 is 0 Å². The molecule has 6 heteroatoms. The molecule has 2 aromatic rings. The molecule has 176 valence electrons. The molecule has 0 saturated heterocycles. The number of hydrogen-bond acceptors (Lipinski definition) is 3. The monoisotopic (exact) mass is 451 g/mol. The molecule has 2 aromatic carbocycles. The molecule has 0 aliphatic heterocycles. The van der Waals surface area contributed by atoms with E-state index in [1.54, 1.807) is 12.1 Å². The summed E-state index contributed by atoms with van der Waals surface area (Å²) in [5, 5.41) is 5.96. The zero-order valence-electron chi connectivity index (χ0n) is 19.9. The summed E-state index contributed by atoms with van der Waals surface area (Å²) in [5.41, 5.74) is 1.95. The Morgan fingerprint density at radius 1 is 1.15 bits per heavy atom. The van der Waals surface area contributed by atoms with E-state index in [9.17, 15) is 14.0 Å². The van der Waals surface area contributed by atoms with Gasteiger partial charge in [0.2, 0.25) is 5.91 Å². The van der Waals surface area contributed by atoms with E-state index in [2.05, 4.69) is 36.6 Å². The fourth-order valence-corrected chi connectivity index (χ4v) is 4.87. The van der Waals surface area contributed by atoms with Gasteiger partial charge in [0.25, 0.3) is 5.91 Å². The smallest absolute Gasteiger partial charge is 0.254 e. The van der Waals surface area contributed by atoms with E-state index in [4.69, 9.17) is 0 Å². The number of likely N-dealkylation sites (N-methyl/N-ethyl adjacent to an activating group) is 1. The number of carbonyl (C=O) groups is 2. The lowest BCUT2D eigenvalue weighted by Crippen LogP contribution is -2.42. The third kappa shape index (κ3) is 4.96. The van der Waals surface area contributed by atoms with Crippen LogP contribution in [0.1, 0.15) is 48.2 Å². The largest absolute Gasteiger partial charge is 0.354 e. The van der Waals surface area contributed by atoms with Gasteiger partial charge in [0.05, 0.1) is 11.5 Å². The number of rotatable bonds is 9. The molecule has 0 heterocycles. The molecule has 2 aliphatic rings.